The van der Waals surface area contributed by atoms with Crippen molar-refractivity contribution in [2.45, 2.75) is 0 Å². The maximum absolute atomic E-state index is 6.34. The molecule has 0 radical (unpaired) electrons. The van der Waals surface area contributed by atoms with Crippen LogP contribution in [0.4, 0.5) is 0 Å². The number of ether oxygens (including phenoxy) is 1. The summed E-state index contributed by atoms with van der Waals surface area (Å²) in [4.78, 5) is 20.2. The molecule has 0 N–H and O–H groups in total. The molecule has 8 aromatic rings. The van der Waals surface area contributed by atoms with Crippen LogP contribution in [0.2, 0.25) is 0 Å². The topological polar surface area (TPSA) is 60.8 Å². The molecule has 0 saturated carbocycles. The maximum Gasteiger partial charge on any atom is 0.129 e. The third kappa shape index (κ3) is 2.84. The molecule has 2 aromatic heterocycles. The highest BCUT2D eigenvalue weighted by atomic mass is 16.5. The average Bonchev–Trinajstić information content (AvgIpc) is 3.50. The molecule has 0 bridgehead atoms. The van der Waals surface area contributed by atoms with Crippen LogP contribution in [0, 0.1) is 0 Å². The fraction of sp³-hybridized carbons (Fsp3) is 0. The Labute approximate surface area is 233 Å². The van der Waals surface area contributed by atoms with Crippen molar-refractivity contribution in [2.24, 2.45) is 0 Å². The van der Waals surface area contributed by atoms with E-state index >= 15 is 0 Å². The van der Waals surface area contributed by atoms with Crippen molar-refractivity contribution in [1.29, 1.82) is 0 Å². The van der Waals surface area contributed by atoms with Gasteiger partial charge in [0, 0.05) is 45.2 Å². The third-order valence-electron chi connectivity index (χ3n) is 8.34. The summed E-state index contributed by atoms with van der Waals surface area (Å²) in [5, 5.41) is 4.86. The third-order valence-corrected chi connectivity index (χ3v) is 8.34. The van der Waals surface area contributed by atoms with Crippen LogP contribution in [0.1, 0.15) is 0 Å². The van der Waals surface area contributed by atoms with Gasteiger partial charge in [0.15, 0.2) is 0 Å². The van der Waals surface area contributed by atoms with E-state index in [1.807, 2.05) is 36.4 Å². The summed E-state index contributed by atoms with van der Waals surface area (Å²) >= 11 is 0. The Balaban J connectivity index is 1.05. The van der Waals surface area contributed by atoms with Crippen LogP contribution in [0.15, 0.2) is 109 Å². The first kappa shape index (κ1) is 21.2. The monoisotopic (exact) mass is 522 g/mol. The lowest BCUT2D eigenvalue weighted by atomic mass is 10.0. The number of hydrogen-bond acceptors (Lipinski definition) is 5. The zero-order chi connectivity index (χ0) is 26.7. The maximum atomic E-state index is 6.34. The van der Waals surface area contributed by atoms with Crippen LogP contribution in [0.5, 0.6) is 11.5 Å². The number of benzene rings is 6. The van der Waals surface area contributed by atoms with Crippen molar-refractivity contribution in [2.75, 3.05) is 0 Å². The molecule has 0 saturated heterocycles. The van der Waals surface area contributed by atoms with E-state index in [2.05, 4.69) is 72.8 Å². The zero-order valence-electron chi connectivity index (χ0n) is 21.6. The number of hydrogen-bond donors (Lipinski definition) is 0. The van der Waals surface area contributed by atoms with E-state index in [9.17, 15) is 0 Å². The molecule has 0 atom stereocenters. The first-order valence-corrected chi connectivity index (χ1v) is 13.6. The van der Waals surface area contributed by atoms with E-state index in [-0.39, 0.29) is 0 Å². The quantitative estimate of drug-likeness (QED) is 0.227. The summed E-state index contributed by atoms with van der Waals surface area (Å²) in [6.07, 6.45) is 0. The minimum Gasteiger partial charge on any atom is -0.457 e. The second-order valence-electron chi connectivity index (χ2n) is 10.7. The summed E-state index contributed by atoms with van der Waals surface area (Å²) in [7, 11) is 0. The number of nitrogens with zero attached hydrogens (tertiary/aromatic N) is 4. The number of rotatable bonds is 2. The average molecular weight is 523 g/mol. The van der Waals surface area contributed by atoms with Gasteiger partial charge in [-0.05, 0) is 35.0 Å². The lowest BCUT2D eigenvalue weighted by Gasteiger charge is -2.09. The van der Waals surface area contributed by atoms with E-state index in [0.717, 1.165) is 67.1 Å². The van der Waals surface area contributed by atoms with Crippen LogP contribution in [-0.4, -0.2) is 19.9 Å². The fourth-order valence-electron chi connectivity index (χ4n) is 6.55. The van der Waals surface area contributed by atoms with E-state index in [1.54, 1.807) is 0 Å². The van der Waals surface area contributed by atoms with Gasteiger partial charge in [-0.15, -0.1) is 0 Å². The van der Waals surface area contributed by atoms with Crippen molar-refractivity contribution in [3.63, 3.8) is 0 Å². The standard InChI is InChI=1S/C36H18N4O/c1-5-19-7-3-11-25-31(19)23(9-1)33-35(25)39-29-17-21(13-15-27(29)37-33)41-22-14-16-28-30(18-22)40-36-26-12-4-8-20-6-2-10-24(32(20)26)34(36)38-28/h1-18H. The van der Waals surface area contributed by atoms with Gasteiger partial charge in [0.2, 0.25) is 0 Å². The predicted molar refractivity (Wildman–Crippen MR) is 163 cm³/mol. The van der Waals surface area contributed by atoms with Gasteiger partial charge >= 0.3 is 0 Å². The Morgan fingerprint density at radius 3 is 1.12 bits per heavy atom. The van der Waals surface area contributed by atoms with Gasteiger partial charge in [0.1, 0.15) is 11.5 Å². The summed E-state index contributed by atoms with van der Waals surface area (Å²) in [5.74, 6) is 1.40. The first-order valence-electron chi connectivity index (χ1n) is 13.6. The lowest BCUT2D eigenvalue weighted by molar-refractivity contribution is 0.484. The van der Waals surface area contributed by atoms with Gasteiger partial charge in [-0.2, -0.15) is 0 Å². The fourth-order valence-corrected chi connectivity index (χ4v) is 6.55. The minimum atomic E-state index is 0.700. The first-order chi connectivity index (χ1) is 20.3. The predicted octanol–water partition coefficient (Wildman–Crippen LogP) is 8.97. The molecule has 6 aromatic carbocycles. The molecule has 0 fully saturated rings. The zero-order valence-corrected chi connectivity index (χ0v) is 21.6. The van der Waals surface area contributed by atoms with Crippen LogP contribution in [0.3, 0.4) is 0 Å². The summed E-state index contributed by atoms with van der Waals surface area (Å²) in [6, 6.07) is 37.2. The van der Waals surface area contributed by atoms with Crippen LogP contribution in [-0.2, 0) is 0 Å². The Bertz CT molecular complexity index is 2280. The summed E-state index contributed by atoms with van der Waals surface area (Å²) < 4.78 is 6.34. The highest BCUT2D eigenvalue weighted by Gasteiger charge is 2.26. The lowest BCUT2D eigenvalue weighted by Crippen LogP contribution is -1.93. The molecule has 0 unspecified atom stereocenters. The minimum absolute atomic E-state index is 0.700. The van der Waals surface area contributed by atoms with Crippen molar-refractivity contribution < 1.29 is 4.74 Å². The van der Waals surface area contributed by atoms with Gasteiger partial charge in [-0.3, -0.25) is 0 Å². The molecule has 5 heteroatoms. The van der Waals surface area contributed by atoms with Gasteiger partial charge < -0.3 is 4.74 Å². The van der Waals surface area contributed by atoms with E-state index in [0.29, 0.717) is 11.5 Å². The second kappa shape index (κ2) is 7.49. The normalized spacial score (nSPS) is 12.4. The Morgan fingerprint density at radius 2 is 0.732 bits per heavy atom. The molecule has 0 amide bonds. The molecule has 2 heterocycles. The Morgan fingerprint density at radius 1 is 0.366 bits per heavy atom. The largest absolute Gasteiger partial charge is 0.457 e. The van der Waals surface area contributed by atoms with Crippen molar-refractivity contribution in [3.05, 3.63) is 109 Å². The summed E-state index contributed by atoms with van der Waals surface area (Å²) in [5.41, 5.74) is 11.6. The Kier molecular flexibility index (Phi) is 3.87. The molecular weight excluding hydrogens is 504 g/mol. The van der Waals surface area contributed by atoms with E-state index in [1.165, 1.54) is 21.5 Å². The van der Waals surface area contributed by atoms with Gasteiger partial charge in [0.25, 0.3) is 0 Å². The highest BCUT2D eigenvalue weighted by molar-refractivity contribution is 6.15. The molecule has 2 aliphatic carbocycles. The molecule has 41 heavy (non-hydrogen) atoms. The smallest absolute Gasteiger partial charge is 0.129 e. The van der Waals surface area contributed by atoms with Crippen LogP contribution >= 0.6 is 0 Å². The molecule has 10 rings (SSSR count). The van der Waals surface area contributed by atoms with Crippen molar-refractivity contribution in [3.8, 4) is 56.5 Å². The Hall–Kier alpha value is -5.68. The second-order valence-corrected chi connectivity index (χ2v) is 10.7. The van der Waals surface area contributed by atoms with Gasteiger partial charge in [0.05, 0.1) is 44.8 Å². The number of aromatic nitrogens is 4. The van der Waals surface area contributed by atoms with Gasteiger partial charge in [-0.25, -0.2) is 19.9 Å². The highest BCUT2D eigenvalue weighted by Crippen LogP contribution is 2.47. The SMILES string of the molecule is c1cc2c3c(cccc3c1)-c1nc3cc(Oc4ccc5nc6c(nc5c4)-c4cccc5cccc-6c45)ccc3nc1-2. The molecular formula is C36H18N4O. The molecule has 0 spiro atoms. The molecule has 2 aliphatic rings. The van der Waals surface area contributed by atoms with Gasteiger partial charge in [-0.1, -0.05) is 72.8 Å². The number of fused-ring (bicyclic) bond motifs is 8. The molecule has 5 nitrogen and oxygen atoms in total. The van der Waals surface area contributed by atoms with E-state index in [4.69, 9.17) is 24.7 Å². The van der Waals surface area contributed by atoms with Crippen molar-refractivity contribution in [1.82, 2.24) is 19.9 Å². The molecule has 188 valence electrons. The van der Waals surface area contributed by atoms with E-state index < -0.39 is 0 Å². The summed E-state index contributed by atoms with van der Waals surface area (Å²) in [6.45, 7) is 0. The molecule has 0 aliphatic heterocycles. The van der Waals surface area contributed by atoms with Crippen LogP contribution < -0.4 is 4.74 Å². The van der Waals surface area contributed by atoms with Crippen molar-refractivity contribution >= 4 is 43.6 Å². The van der Waals surface area contributed by atoms with Crippen LogP contribution in [0.25, 0.3) is 88.6 Å².